The molecule has 5 heteroatoms. The molecule has 0 aliphatic carbocycles. The molecule has 0 aromatic carbocycles. The van der Waals surface area contributed by atoms with Gasteiger partial charge in [-0.15, -0.1) is 11.8 Å². The zero-order valence-electron chi connectivity index (χ0n) is 9.51. The van der Waals surface area contributed by atoms with Crippen LogP contribution in [0.1, 0.15) is 12.5 Å². The van der Waals surface area contributed by atoms with Crippen LogP contribution in [0.4, 0.5) is 0 Å². The molecule has 0 amide bonds. The fraction of sp³-hybridized carbons (Fsp3) is 0.364. The molecule has 0 bridgehead atoms. The Morgan fingerprint density at radius 2 is 2.12 bits per heavy atom. The standard InChI is InChI=1S/C11H15NO2S2/c1-8(10(13)14-2)16-11(15-3)9-4-6-12-7-5-9/h4-8,15H,1-3H3. The predicted molar refractivity (Wildman–Crippen MR) is 72.3 cm³/mol. The van der Waals surface area contributed by atoms with E-state index in [4.69, 9.17) is 4.74 Å². The van der Waals surface area contributed by atoms with Gasteiger partial charge >= 0.3 is 5.97 Å². The molecule has 1 unspecified atom stereocenters. The van der Waals surface area contributed by atoms with Crippen LogP contribution >= 0.6 is 23.1 Å². The topological polar surface area (TPSA) is 39.2 Å². The highest BCUT2D eigenvalue weighted by Gasteiger charge is 2.16. The van der Waals surface area contributed by atoms with Gasteiger partial charge in [0.05, 0.1) is 7.11 Å². The summed E-state index contributed by atoms with van der Waals surface area (Å²) in [6.45, 7) is 1.85. The molecule has 0 saturated carbocycles. The summed E-state index contributed by atoms with van der Waals surface area (Å²) in [6.07, 6.45) is 5.56. The molecule has 1 rings (SSSR count). The predicted octanol–water partition coefficient (Wildman–Crippen LogP) is 1.95. The number of rotatable bonds is 3. The van der Waals surface area contributed by atoms with Gasteiger partial charge in [-0.1, -0.05) is 0 Å². The van der Waals surface area contributed by atoms with Gasteiger partial charge in [0, 0.05) is 16.6 Å². The molecule has 0 aliphatic rings. The van der Waals surface area contributed by atoms with E-state index in [1.807, 2.05) is 25.3 Å². The molecule has 3 nitrogen and oxygen atoms in total. The molecule has 0 radical (unpaired) electrons. The molecule has 1 heterocycles. The van der Waals surface area contributed by atoms with Crippen LogP contribution < -0.4 is 0 Å². The van der Waals surface area contributed by atoms with E-state index in [1.54, 1.807) is 12.4 Å². The van der Waals surface area contributed by atoms with E-state index in [1.165, 1.54) is 18.9 Å². The second kappa shape index (κ2) is 6.70. The average molecular weight is 257 g/mol. The lowest BCUT2D eigenvalue weighted by atomic mass is 10.3. The Labute approximate surface area is 104 Å². The number of pyridine rings is 1. The third kappa shape index (κ3) is 3.64. The van der Waals surface area contributed by atoms with Gasteiger partial charge in [-0.25, -0.2) is 0 Å². The van der Waals surface area contributed by atoms with Crippen molar-refractivity contribution in [2.45, 2.75) is 12.2 Å². The van der Waals surface area contributed by atoms with Crippen LogP contribution in [0.2, 0.25) is 0 Å². The zero-order valence-corrected chi connectivity index (χ0v) is 11.2. The fourth-order valence-corrected chi connectivity index (χ4v) is 3.23. The molecule has 1 aromatic rings. The number of nitrogens with zero attached hydrogens (tertiary/aromatic N) is 1. The molecule has 0 aliphatic heterocycles. The number of thiol groups is 1. The number of carbonyl (C=O) groups is 1. The van der Waals surface area contributed by atoms with Gasteiger partial charge in [0.1, 0.15) is 5.25 Å². The van der Waals surface area contributed by atoms with E-state index >= 15 is 0 Å². The normalized spacial score (nSPS) is 13.8. The monoisotopic (exact) mass is 257 g/mol. The number of methoxy groups -OCH3 is 1. The minimum Gasteiger partial charge on any atom is -0.468 e. The second-order valence-electron chi connectivity index (χ2n) is 3.05. The number of ether oxygens (including phenoxy) is 1. The zero-order chi connectivity index (χ0) is 12.0. The highest BCUT2D eigenvalue weighted by atomic mass is 32.2. The lowest BCUT2D eigenvalue weighted by Crippen LogP contribution is -2.16. The Bertz CT molecular complexity index is 379. The number of hydrogen-bond donors (Lipinski definition) is 1. The molecule has 88 valence electrons. The van der Waals surface area contributed by atoms with Crippen molar-refractivity contribution in [2.24, 2.45) is 0 Å². The van der Waals surface area contributed by atoms with Gasteiger partial charge in [0.2, 0.25) is 0 Å². The number of esters is 1. The highest BCUT2D eigenvalue weighted by Crippen LogP contribution is 2.21. The molecule has 0 N–H and O–H groups in total. The van der Waals surface area contributed by atoms with Gasteiger partial charge in [-0.2, -0.15) is 11.4 Å². The van der Waals surface area contributed by atoms with Crippen LogP contribution in [0.3, 0.4) is 0 Å². The van der Waals surface area contributed by atoms with Crippen molar-refractivity contribution in [3.8, 4) is 0 Å². The van der Waals surface area contributed by atoms with Crippen molar-refractivity contribution in [3.05, 3.63) is 30.1 Å². The number of aromatic nitrogens is 1. The lowest BCUT2D eigenvalue weighted by molar-refractivity contribution is -0.139. The lowest BCUT2D eigenvalue weighted by Gasteiger charge is -2.11. The first-order valence-electron chi connectivity index (χ1n) is 4.80. The first-order chi connectivity index (χ1) is 7.69. The van der Waals surface area contributed by atoms with E-state index in [-0.39, 0.29) is 11.2 Å². The van der Waals surface area contributed by atoms with Crippen molar-refractivity contribution in [1.29, 1.82) is 0 Å². The minimum absolute atomic E-state index is 0.180. The summed E-state index contributed by atoms with van der Waals surface area (Å²) in [5.74, 6) is -0.194. The maximum absolute atomic E-state index is 11.3. The summed E-state index contributed by atoms with van der Waals surface area (Å²) in [5.41, 5.74) is 1.11. The molecule has 0 saturated heterocycles. The van der Waals surface area contributed by atoms with Crippen LogP contribution in [0, 0.1) is 0 Å². The number of carbonyl (C=O) groups excluding carboxylic acids is 1. The Hall–Kier alpha value is -0.810. The van der Waals surface area contributed by atoms with Crippen molar-refractivity contribution >= 4 is 33.3 Å². The van der Waals surface area contributed by atoms with Crippen LogP contribution in [0.25, 0.3) is 0 Å². The first kappa shape index (κ1) is 13.3. The molecule has 0 fully saturated rings. The summed E-state index contributed by atoms with van der Waals surface area (Å²) < 4.78 is 5.86. The van der Waals surface area contributed by atoms with Crippen molar-refractivity contribution < 1.29 is 9.53 Å². The molecule has 1 atom stereocenters. The minimum atomic E-state index is -0.194. The highest BCUT2D eigenvalue weighted by molar-refractivity contribution is 8.28. The van der Waals surface area contributed by atoms with E-state index in [0.29, 0.717) is 0 Å². The summed E-state index contributed by atoms with van der Waals surface area (Å²) in [4.78, 5) is 15.3. The van der Waals surface area contributed by atoms with Crippen LogP contribution in [-0.4, -0.2) is 33.8 Å². The van der Waals surface area contributed by atoms with Crippen molar-refractivity contribution in [3.63, 3.8) is 0 Å². The molecule has 1 aromatic heterocycles. The van der Waals surface area contributed by atoms with Gasteiger partial charge in [0.25, 0.3) is 0 Å². The SMILES string of the molecule is COC(=O)C(C)SC(=[SH]C)c1ccncc1. The first-order valence-corrected chi connectivity index (χ1v) is 7.02. The Morgan fingerprint density at radius 3 is 2.62 bits per heavy atom. The third-order valence-corrected chi connectivity index (χ3v) is 4.49. The van der Waals surface area contributed by atoms with Crippen LogP contribution in [0.5, 0.6) is 0 Å². The number of hydrogen-bond acceptors (Lipinski definition) is 4. The van der Waals surface area contributed by atoms with E-state index in [2.05, 4.69) is 4.98 Å². The van der Waals surface area contributed by atoms with Crippen molar-refractivity contribution in [2.75, 3.05) is 13.4 Å². The van der Waals surface area contributed by atoms with Gasteiger partial charge in [-0.05, 0) is 30.9 Å². The Balaban J connectivity index is 2.75. The summed E-state index contributed by atoms with van der Waals surface area (Å²) >= 11 is 2.67. The summed E-state index contributed by atoms with van der Waals surface area (Å²) in [5, 5.41) is -0.180. The van der Waals surface area contributed by atoms with Crippen molar-refractivity contribution in [1.82, 2.24) is 4.98 Å². The summed E-state index contributed by atoms with van der Waals surface area (Å²) in [7, 11) is 1.41. The van der Waals surface area contributed by atoms with Gasteiger partial charge in [0.15, 0.2) is 0 Å². The largest absolute Gasteiger partial charge is 0.468 e. The Morgan fingerprint density at radius 1 is 1.50 bits per heavy atom. The maximum Gasteiger partial charge on any atom is 0.318 e. The van der Waals surface area contributed by atoms with Crippen LogP contribution in [-0.2, 0) is 9.53 Å². The van der Waals surface area contributed by atoms with Gasteiger partial charge < -0.3 is 4.74 Å². The average Bonchev–Trinajstić information content (AvgIpc) is 2.35. The second-order valence-corrected chi connectivity index (χ2v) is 5.60. The van der Waals surface area contributed by atoms with E-state index < -0.39 is 0 Å². The van der Waals surface area contributed by atoms with Crippen LogP contribution in [0.15, 0.2) is 24.5 Å². The molecule has 16 heavy (non-hydrogen) atoms. The third-order valence-electron chi connectivity index (χ3n) is 1.95. The number of thioether (sulfide) groups is 1. The molecule has 0 spiro atoms. The van der Waals surface area contributed by atoms with E-state index in [0.717, 1.165) is 21.1 Å². The fourth-order valence-electron chi connectivity index (χ4n) is 1.13. The van der Waals surface area contributed by atoms with E-state index in [9.17, 15) is 4.79 Å². The van der Waals surface area contributed by atoms with Gasteiger partial charge in [-0.3, -0.25) is 9.78 Å². The quantitative estimate of drug-likeness (QED) is 0.510. The molecular formula is C11H15NO2S2. The maximum atomic E-state index is 11.3. The molecular weight excluding hydrogens is 242 g/mol. The Kier molecular flexibility index (Phi) is 5.55. The smallest absolute Gasteiger partial charge is 0.318 e. The summed E-state index contributed by atoms with van der Waals surface area (Å²) in [6, 6.07) is 3.89.